The highest BCUT2D eigenvalue weighted by atomic mass is 32.2. The van der Waals surface area contributed by atoms with Crippen molar-refractivity contribution in [3.8, 4) is 0 Å². The minimum Gasteiger partial charge on any atom is -0.363 e. The molecule has 1 N–H and O–H groups in total. The Morgan fingerprint density at radius 2 is 2.00 bits per heavy atom. The first-order valence-corrected chi connectivity index (χ1v) is 9.76. The Balaban J connectivity index is 1.71. The number of nitrogens with one attached hydrogen (secondary N) is 1. The molecule has 0 saturated heterocycles. The lowest BCUT2D eigenvalue weighted by Crippen LogP contribution is -2.07. The molecule has 3 aromatic rings. The summed E-state index contributed by atoms with van der Waals surface area (Å²) >= 11 is 2.89. The molecule has 0 amide bonds. The highest BCUT2D eigenvalue weighted by Gasteiger charge is 2.17. The van der Waals surface area contributed by atoms with Crippen molar-refractivity contribution in [2.24, 2.45) is 0 Å². The van der Waals surface area contributed by atoms with E-state index in [1.54, 1.807) is 0 Å². The third-order valence-electron chi connectivity index (χ3n) is 4.00. The number of hydrogen-bond donors (Lipinski definition) is 1. The van der Waals surface area contributed by atoms with E-state index in [9.17, 15) is 4.79 Å². The largest absolute Gasteiger partial charge is 0.363 e. The quantitative estimate of drug-likeness (QED) is 0.501. The van der Waals surface area contributed by atoms with Crippen LogP contribution in [0.4, 0.5) is 5.13 Å². The van der Waals surface area contributed by atoms with E-state index in [0.717, 1.165) is 33.0 Å². The summed E-state index contributed by atoms with van der Waals surface area (Å²) in [6, 6.07) is 12.3. The number of carbonyl (C=O) groups excluding carboxylic acids is 1. The van der Waals surface area contributed by atoms with Crippen molar-refractivity contribution in [1.82, 2.24) is 14.8 Å². The normalized spacial score (nSPS) is 10.8. The lowest BCUT2D eigenvalue weighted by molar-refractivity contribution is 0.102. The van der Waals surface area contributed by atoms with Crippen LogP contribution in [0.2, 0.25) is 0 Å². The van der Waals surface area contributed by atoms with Gasteiger partial charge in [0.1, 0.15) is 0 Å². The second-order valence-corrected chi connectivity index (χ2v) is 7.89. The maximum Gasteiger partial charge on any atom is 0.206 e. The highest BCUT2D eigenvalue weighted by Crippen LogP contribution is 2.27. The van der Waals surface area contributed by atoms with Crippen LogP contribution in [0, 0.1) is 13.8 Å². The number of carbonyl (C=O) groups is 1. The Hall–Kier alpha value is -2.12. The van der Waals surface area contributed by atoms with E-state index in [2.05, 4.69) is 32.2 Å². The van der Waals surface area contributed by atoms with Gasteiger partial charge in [-0.3, -0.25) is 4.79 Å². The molecule has 0 bridgehead atoms. The van der Waals surface area contributed by atoms with E-state index in [1.807, 2.05) is 45.2 Å². The predicted octanol–water partition coefficient (Wildman–Crippen LogP) is 4.02. The summed E-state index contributed by atoms with van der Waals surface area (Å²) in [6.07, 6.45) is 0. The third-order valence-corrected chi connectivity index (χ3v) is 6.08. The molecule has 0 aliphatic rings. The summed E-state index contributed by atoms with van der Waals surface area (Å²) in [5, 5.41) is 11.8. The third kappa shape index (κ3) is 4.11. The van der Waals surface area contributed by atoms with E-state index in [1.165, 1.54) is 28.7 Å². The Morgan fingerprint density at radius 3 is 2.68 bits per heavy atom. The Morgan fingerprint density at radius 1 is 1.24 bits per heavy atom. The van der Waals surface area contributed by atoms with Crippen LogP contribution in [-0.4, -0.2) is 33.3 Å². The number of aromatic nitrogens is 3. The second-order valence-electron chi connectivity index (χ2n) is 5.69. The van der Waals surface area contributed by atoms with Crippen molar-refractivity contribution in [2.45, 2.75) is 24.7 Å². The van der Waals surface area contributed by atoms with Crippen molar-refractivity contribution in [2.75, 3.05) is 18.1 Å². The summed E-state index contributed by atoms with van der Waals surface area (Å²) in [5.74, 6) is 0.493. The molecule has 5 nitrogen and oxygen atoms in total. The standard InChI is InChI=1S/C18H20N4OS2/c1-12-9-15(13(2)22(12)10-14-7-5-4-6-8-14)16(23)11-24-18-21-20-17(19-3)25-18/h4-9H,10-11H2,1-3H3,(H,19,20). The molecule has 0 fully saturated rings. The van der Waals surface area contributed by atoms with Crippen LogP contribution in [0.15, 0.2) is 40.7 Å². The zero-order valence-corrected chi connectivity index (χ0v) is 16.1. The molecule has 0 radical (unpaired) electrons. The van der Waals surface area contributed by atoms with Gasteiger partial charge < -0.3 is 9.88 Å². The van der Waals surface area contributed by atoms with Gasteiger partial charge in [0.25, 0.3) is 0 Å². The van der Waals surface area contributed by atoms with Crippen molar-refractivity contribution in [3.05, 3.63) is 58.9 Å². The number of nitrogens with zero attached hydrogens (tertiary/aromatic N) is 3. The highest BCUT2D eigenvalue weighted by molar-refractivity contribution is 8.01. The van der Waals surface area contributed by atoms with Gasteiger partial charge in [-0.1, -0.05) is 53.4 Å². The molecule has 0 aliphatic heterocycles. The first kappa shape index (κ1) is 17.7. The number of Topliss-reactive ketones (excluding diaryl/α,β-unsaturated/α-hetero) is 1. The molecule has 0 unspecified atom stereocenters. The first-order valence-electron chi connectivity index (χ1n) is 7.96. The van der Waals surface area contributed by atoms with Crippen LogP contribution in [0.3, 0.4) is 0 Å². The Bertz CT molecular complexity index is 871. The Labute approximate surface area is 155 Å². The second kappa shape index (κ2) is 7.84. The van der Waals surface area contributed by atoms with Crippen molar-refractivity contribution in [1.29, 1.82) is 0 Å². The molecule has 0 spiro atoms. The van der Waals surface area contributed by atoms with E-state index in [0.29, 0.717) is 5.75 Å². The molecule has 25 heavy (non-hydrogen) atoms. The van der Waals surface area contributed by atoms with Crippen LogP contribution in [0.5, 0.6) is 0 Å². The van der Waals surface area contributed by atoms with Crippen LogP contribution in [-0.2, 0) is 6.54 Å². The number of ketones is 1. The molecule has 2 aromatic heterocycles. The van der Waals surface area contributed by atoms with E-state index in [-0.39, 0.29) is 5.78 Å². The molecule has 0 atom stereocenters. The lowest BCUT2D eigenvalue weighted by atomic mass is 10.2. The van der Waals surface area contributed by atoms with Crippen LogP contribution in [0.1, 0.15) is 27.3 Å². The molecular formula is C18H20N4OS2. The molecule has 7 heteroatoms. The van der Waals surface area contributed by atoms with Gasteiger partial charge in [-0.05, 0) is 25.5 Å². The number of aryl methyl sites for hydroxylation is 1. The van der Waals surface area contributed by atoms with Gasteiger partial charge in [-0.15, -0.1) is 10.2 Å². The van der Waals surface area contributed by atoms with Gasteiger partial charge >= 0.3 is 0 Å². The number of rotatable bonds is 7. The average Bonchev–Trinajstić information content (AvgIpc) is 3.20. The zero-order chi connectivity index (χ0) is 17.8. The number of benzene rings is 1. The van der Waals surface area contributed by atoms with E-state index in [4.69, 9.17) is 0 Å². The summed E-state index contributed by atoms with van der Waals surface area (Å²) in [5.41, 5.74) is 4.13. The lowest BCUT2D eigenvalue weighted by Gasteiger charge is -2.09. The molecular weight excluding hydrogens is 352 g/mol. The van der Waals surface area contributed by atoms with Gasteiger partial charge in [-0.25, -0.2) is 0 Å². The van der Waals surface area contributed by atoms with E-state index >= 15 is 0 Å². The maximum atomic E-state index is 12.6. The van der Waals surface area contributed by atoms with Crippen LogP contribution in [0.25, 0.3) is 0 Å². The van der Waals surface area contributed by atoms with E-state index < -0.39 is 0 Å². The SMILES string of the molecule is CNc1nnc(SCC(=O)c2cc(C)n(Cc3ccccc3)c2C)s1. The van der Waals surface area contributed by atoms with Crippen LogP contribution < -0.4 is 5.32 Å². The molecule has 3 rings (SSSR count). The summed E-state index contributed by atoms with van der Waals surface area (Å²) in [6.45, 7) is 4.84. The number of anilines is 1. The zero-order valence-electron chi connectivity index (χ0n) is 14.4. The smallest absolute Gasteiger partial charge is 0.206 e. The van der Waals surface area contributed by atoms with Gasteiger partial charge in [-0.2, -0.15) is 0 Å². The summed E-state index contributed by atoms with van der Waals surface area (Å²) in [4.78, 5) is 12.6. The molecule has 0 saturated carbocycles. The molecule has 2 heterocycles. The summed E-state index contributed by atoms with van der Waals surface area (Å²) < 4.78 is 2.99. The molecule has 130 valence electrons. The number of hydrogen-bond acceptors (Lipinski definition) is 6. The topological polar surface area (TPSA) is 59.8 Å². The fourth-order valence-corrected chi connectivity index (χ4v) is 4.26. The predicted molar refractivity (Wildman–Crippen MR) is 104 cm³/mol. The number of thioether (sulfide) groups is 1. The van der Waals surface area contributed by atoms with Gasteiger partial charge in [0.2, 0.25) is 5.13 Å². The minimum atomic E-state index is 0.124. The van der Waals surface area contributed by atoms with Crippen molar-refractivity contribution >= 4 is 34.0 Å². The summed E-state index contributed by atoms with van der Waals surface area (Å²) in [7, 11) is 1.81. The first-order chi connectivity index (χ1) is 12.1. The van der Waals surface area contributed by atoms with Crippen molar-refractivity contribution < 1.29 is 4.79 Å². The monoisotopic (exact) mass is 372 g/mol. The van der Waals surface area contributed by atoms with Crippen molar-refractivity contribution in [3.63, 3.8) is 0 Å². The molecule has 0 aliphatic carbocycles. The fourth-order valence-electron chi connectivity index (χ4n) is 2.67. The maximum absolute atomic E-state index is 12.6. The molecule has 1 aromatic carbocycles. The minimum absolute atomic E-state index is 0.124. The van der Waals surface area contributed by atoms with Crippen LogP contribution >= 0.6 is 23.1 Å². The van der Waals surface area contributed by atoms with Gasteiger partial charge in [0, 0.05) is 30.5 Å². The van der Waals surface area contributed by atoms with Gasteiger partial charge in [0.05, 0.1) is 5.75 Å². The average molecular weight is 373 g/mol. The Kier molecular flexibility index (Phi) is 5.55. The van der Waals surface area contributed by atoms with Gasteiger partial charge in [0.15, 0.2) is 10.1 Å². The fraction of sp³-hybridized carbons (Fsp3) is 0.278.